The first-order valence-electron chi connectivity index (χ1n) is 9.25. The van der Waals surface area contributed by atoms with Gasteiger partial charge in [0.15, 0.2) is 4.80 Å². The molecule has 0 atom stereocenters. The first kappa shape index (κ1) is 19.2. The summed E-state index contributed by atoms with van der Waals surface area (Å²) in [5, 5.41) is 0. The van der Waals surface area contributed by atoms with Gasteiger partial charge in [0, 0.05) is 12.1 Å². The van der Waals surface area contributed by atoms with E-state index in [1.165, 1.54) is 11.3 Å². The van der Waals surface area contributed by atoms with E-state index in [1.807, 2.05) is 32.0 Å². The van der Waals surface area contributed by atoms with E-state index in [4.69, 9.17) is 9.47 Å². The van der Waals surface area contributed by atoms with E-state index in [0.717, 1.165) is 34.7 Å². The predicted octanol–water partition coefficient (Wildman–Crippen LogP) is 4.65. The highest BCUT2D eigenvalue weighted by Crippen LogP contribution is 2.28. The van der Waals surface area contributed by atoms with E-state index in [-0.39, 0.29) is 5.91 Å². The average Bonchev–Trinajstić information content (AvgIpc) is 3.01. The number of carbonyl (C=O) groups excluding carboxylic acids is 1. The summed E-state index contributed by atoms with van der Waals surface area (Å²) < 4.78 is 14.4. The Hall–Kier alpha value is -2.60. The van der Waals surface area contributed by atoms with Gasteiger partial charge in [0.25, 0.3) is 5.91 Å². The number of benzene rings is 2. The standard InChI is InChI=1S/C21H24N2O3S/c1-4-14-23-19-17(26-6-3)8-7-9-18(19)27-21(23)22-20(24)15-10-12-16(13-11-15)25-5-2/h7-13H,4-6,14H2,1-3H3. The minimum atomic E-state index is -0.257. The van der Waals surface area contributed by atoms with Gasteiger partial charge in [0.05, 0.1) is 17.9 Å². The second-order valence-electron chi connectivity index (χ2n) is 5.95. The Balaban J connectivity index is 2.05. The van der Waals surface area contributed by atoms with Gasteiger partial charge in [-0.05, 0) is 56.7 Å². The quantitative estimate of drug-likeness (QED) is 0.596. The summed E-state index contributed by atoms with van der Waals surface area (Å²) in [7, 11) is 0. The normalized spacial score (nSPS) is 11.7. The Kier molecular flexibility index (Phi) is 6.29. The van der Waals surface area contributed by atoms with E-state index in [2.05, 4.69) is 16.5 Å². The number of thiazole rings is 1. The second kappa shape index (κ2) is 8.86. The van der Waals surface area contributed by atoms with E-state index >= 15 is 0 Å². The van der Waals surface area contributed by atoms with Gasteiger partial charge >= 0.3 is 0 Å². The predicted molar refractivity (Wildman–Crippen MR) is 109 cm³/mol. The molecule has 0 fully saturated rings. The maximum absolute atomic E-state index is 12.7. The molecule has 1 aromatic heterocycles. The van der Waals surface area contributed by atoms with Crippen LogP contribution in [0.4, 0.5) is 0 Å². The van der Waals surface area contributed by atoms with Gasteiger partial charge in [-0.2, -0.15) is 4.99 Å². The van der Waals surface area contributed by atoms with Gasteiger partial charge in [-0.15, -0.1) is 0 Å². The summed E-state index contributed by atoms with van der Waals surface area (Å²) >= 11 is 1.51. The number of hydrogen-bond donors (Lipinski definition) is 0. The molecule has 0 aliphatic heterocycles. The molecule has 0 spiro atoms. The molecule has 1 heterocycles. The van der Waals surface area contributed by atoms with Crippen LogP contribution in [0.25, 0.3) is 10.2 Å². The zero-order chi connectivity index (χ0) is 19.2. The largest absolute Gasteiger partial charge is 0.494 e. The molecule has 0 saturated heterocycles. The van der Waals surface area contributed by atoms with E-state index in [0.29, 0.717) is 23.6 Å². The molecule has 0 radical (unpaired) electrons. The van der Waals surface area contributed by atoms with Crippen molar-refractivity contribution >= 4 is 27.5 Å². The number of para-hydroxylation sites is 1. The van der Waals surface area contributed by atoms with Gasteiger partial charge in [-0.3, -0.25) is 4.79 Å². The molecule has 0 aliphatic carbocycles. The van der Waals surface area contributed by atoms with Crippen molar-refractivity contribution in [3.8, 4) is 11.5 Å². The summed E-state index contributed by atoms with van der Waals surface area (Å²) in [5.41, 5.74) is 1.55. The second-order valence-corrected chi connectivity index (χ2v) is 6.96. The monoisotopic (exact) mass is 384 g/mol. The lowest BCUT2D eigenvalue weighted by Gasteiger charge is -2.08. The smallest absolute Gasteiger partial charge is 0.279 e. The van der Waals surface area contributed by atoms with Crippen molar-refractivity contribution < 1.29 is 14.3 Å². The Bertz CT molecular complexity index is 987. The number of aryl methyl sites for hydroxylation is 1. The first-order valence-corrected chi connectivity index (χ1v) is 10.1. The van der Waals surface area contributed by atoms with E-state index < -0.39 is 0 Å². The Morgan fingerprint density at radius 3 is 2.44 bits per heavy atom. The summed E-state index contributed by atoms with van der Waals surface area (Å²) in [6.45, 7) is 7.98. The minimum Gasteiger partial charge on any atom is -0.494 e. The number of amides is 1. The summed E-state index contributed by atoms with van der Waals surface area (Å²) in [4.78, 5) is 17.8. The molecule has 27 heavy (non-hydrogen) atoms. The Morgan fingerprint density at radius 1 is 1.04 bits per heavy atom. The molecule has 0 saturated carbocycles. The molecule has 5 nitrogen and oxygen atoms in total. The van der Waals surface area contributed by atoms with Crippen LogP contribution < -0.4 is 14.3 Å². The fourth-order valence-corrected chi connectivity index (χ4v) is 3.97. The van der Waals surface area contributed by atoms with Crippen LogP contribution in [0.15, 0.2) is 47.5 Å². The molecule has 0 unspecified atom stereocenters. The summed E-state index contributed by atoms with van der Waals surface area (Å²) in [5.74, 6) is 1.32. The van der Waals surface area contributed by atoms with Crippen molar-refractivity contribution in [2.75, 3.05) is 13.2 Å². The van der Waals surface area contributed by atoms with Crippen LogP contribution >= 0.6 is 11.3 Å². The van der Waals surface area contributed by atoms with Gasteiger partial charge in [0.1, 0.15) is 17.0 Å². The van der Waals surface area contributed by atoms with Crippen molar-refractivity contribution in [2.45, 2.75) is 33.7 Å². The third kappa shape index (κ3) is 4.22. The molecule has 0 N–H and O–H groups in total. The highest BCUT2D eigenvalue weighted by molar-refractivity contribution is 7.16. The Labute approximate surface area is 162 Å². The number of rotatable bonds is 7. The number of carbonyl (C=O) groups is 1. The molecule has 0 aliphatic rings. The molecule has 0 bridgehead atoms. The zero-order valence-electron chi connectivity index (χ0n) is 15.9. The van der Waals surface area contributed by atoms with Crippen LogP contribution in [0.2, 0.25) is 0 Å². The molecule has 142 valence electrons. The third-order valence-electron chi connectivity index (χ3n) is 4.02. The highest BCUT2D eigenvalue weighted by atomic mass is 32.1. The highest BCUT2D eigenvalue weighted by Gasteiger charge is 2.13. The lowest BCUT2D eigenvalue weighted by molar-refractivity contribution is 0.0997. The van der Waals surface area contributed by atoms with Crippen LogP contribution in [0, 0.1) is 0 Å². The zero-order valence-corrected chi connectivity index (χ0v) is 16.7. The number of ether oxygens (including phenoxy) is 2. The number of hydrogen-bond acceptors (Lipinski definition) is 4. The van der Waals surface area contributed by atoms with Gasteiger partial charge in [0.2, 0.25) is 0 Å². The van der Waals surface area contributed by atoms with Gasteiger partial charge in [-0.1, -0.05) is 24.3 Å². The van der Waals surface area contributed by atoms with Gasteiger partial charge in [-0.25, -0.2) is 0 Å². The molecular formula is C21H24N2O3S. The number of nitrogens with zero attached hydrogens (tertiary/aromatic N) is 2. The lowest BCUT2D eigenvalue weighted by atomic mass is 10.2. The molecular weight excluding hydrogens is 360 g/mol. The van der Waals surface area contributed by atoms with Crippen molar-refractivity contribution in [1.29, 1.82) is 0 Å². The maximum atomic E-state index is 12.7. The topological polar surface area (TPSA) is 52.8 Å². The van der Waals surface area contributed by atoms with Crippen LogP contribution in [0.3, 0.4) is 0 Å². The summed E-state index contributed by atoms with van der Waals surface area (Å²) in [6, 6.07) is 13.1. The fourth-order valence-electron chi connectivity index (χ4n) is 2.90. The van der Waals surface area contributed by atoms with E-state index in [9.17, 15) is 4.79 Å². The first-order chi connectivity index (χ1) is 13.2. The van der Waals surface area contributed by atoms with Crippen molar-refractivity contribution in [3.05, 3.63) is 52.8 Å². The molecule has 1 amide bonds. The van der Waals surface area contributed by atoms with E-state index in [1.54, 1.807) is 24.3 Å². The SMILES string of the molecule is CCCn1c(=NC(=O)c2ccc(OCC)cc2)sc2cccc(OCC)c21. The molecule has 3 aromatic rings. The molecule has 6 heteroatoms. The van der Waals surface area contributed by atoms with Crippen molar-refractivity contribution in [2.24, 2.45) is 4.99 Å². The number of aromatic nitrogens is 1. The minimum absolute atomic E-state index is 0.257. The average molecular weight is 385 g/mol. The maximum Gasteiger partial charge on any atom is 0.279 e. The van der Waals surface area contributed by atoms with Crippen molar-refractivity contribution in [1.82, 2.24) is 4.57 Å². The van der Waals surface area contributed by atoms with Crippen LogP contribution in [-0.4, -0.2) is 23.7 Å². The van der Waals surface area contributed by atoms with Crippen LogP contribution in [0.5, 0.6) is 11.5 Å². The van der Waals surface area contributed by atoms with Gasteiger partial charge < -0.3 is 14.0 Å². The van der Waals surface area contributed by atoms with Crippen LogP contribution in [-0.2, 0) is 6.54 Å². The van der Waals surface area contributed by atoms with Crippen LogP contribution in [0.1, 0.15) is 37.6 Å². The Morgan fingerprint density at radius 2 is 1.78 bits per heavy atom. The number of fused-ring (bicyclic) bond motifs is 1. The fraction of sp³-hybridized carbons (Fsp3) is 0.333. The molecule has 3 rings (SSSR count). The lowest BCUT2D eigenvalue weighted by Crippen LogP contribution is -2.17. The van der Waals surface area contributed by atoms with Crippen molar-refractivity contribution in [3.63, 3.8) is 0 Å². The summed E-state index contributed by atoms with van der Waals surface area (Å²) in [6.07, 6.45) is 0.941. The third-order valence-corrected chi connectivity index (χ3v) is 5.06. The molecule has 2 aromatic carbocycles.